The van der Waals surface area contributed by atoms with Crippen LogP contribution in [0.5, 0.6) is 0 Å². The van der Waals surface area contributed by atoms with Crippen molar-refractivity contribution in [2.24, 2.45) is 0 Å². The summed E-state index contributed by atoms with van der Waals surface area (Å²) in [4.78, 5) is 0.259. The number of para-hydroxylation sites is 1. The molecule has 20 heavy (non-hydrogen) atoms. The summed E-state index contributed by atoms with van der Waals surface area (Å²) in [6.45, 7) is 1.95. The van der Waals surface area contributed by atoms with Crippen molar-refractivity contribution in [2.75, 3.05) is 31.4 Å². The zero-order valence-corrected chi connectivity index (χ0v) is 13.9. The van der Waals surface area contributed by atoms with Gasteiger partial charge in [-0.15, -0.1) is 0 Å². The van der Waals surface area contributed by atoms with E-state index in [2.05, 4.69) is 5.32 Å². The van der Waals surface area contributed by atoms with E-state index in [0.29, 0.717) is 11.4 Å². The first-order valence-corrected chi connectivity index (χ1v) is 9.50. The highest BCUT2D eigenvalue weighted by atomic mass is 32.2. The molecule has 0 aliphatic carbocycles. The van der Waals surface area contributed by atoms with Crippen LogP contribution in [0.2, 0.25) is 0 Å². The van der Waals surface area contributed by atoms with E-state index in [9.17, 15) is 12.6 Å². The summed E-state index contributed by atoms with van der Waals surface area (Å²) in [6, 6.07) is 6.88. The second-order valence-corrected chi connectivity index (χ2v) is 8.57. The minimum atomic E-state index is -3.47. The Balaban J connectivity index is 2.95. The summed E-state index contributed by atoms with van der Waals surface area (Å²) in [5.74, 6) is 0.594. The number of anilines is 1. The lowest BCUT2D eigenvalue weighted by Gasteiger charge is -2.19. The van der Waals surface area contributed by atoms with Gasteiger partial charge in [-0.1, -0.05) is 12.1 Å². The van der Waals surface area contributed by atoms with Gasteiger partial charge < -0.3 is 5.32 Å². The molecule has 2 unspecified atom stereocenters. The Morgan fingerprint density at radius 2 is 1.90 bits per heavy atom. The molecule has 0 saturated heterocycles. The second kappa shape index (κ2) is 7.19. The molecule has 114 valence electrons. The van der Waals surface area contributed by atoms with Crippen LogP contribution in [0.3, 0.4) is 0 Å². The van der Waals surface area contributed by atoms with Gasteiger partial charge in [0.05, 0.1) is 5.69 Å². The van der Waals surface area contributed by atoms with Gasteiger partial charge in [0.2, 0.25) is 10.0 Å². The molecule has 0 heterocycles. The fourth-order valence-electron chi connectivity index (χ4n) is 1.69. The smallest absolute Gasteiger partial charge is 0.244 e. The molecule has 0 aromatic heterocycles. The normalized spacial score (nSPS) is 15.1. The Morgan fingerprint density at radius 3 is 2.45 bits per heavy atom. The SMILES string of the molecule is CC(CCS(C)=O)Nc1ccccc1S(=O)(=O)N(C)C. The Bertz CT molecular complexity index is 571. The molecule has 1 N–H and O–H groups in total. The highest BCUT2D eigenvalue weighted by molar-refractivity contribution is 7.89. The first-order chi connectivity index (χ1) is 9.25. The molecule has 0 aliphatic heterocycles. The van der Waals surface area contributed by atoms with E-state index in [0.717, 1.165) is 6.42 Å². The van der Waals surface area contributed by atoms with Gasteiger partial charge >= 0.3 is 0 Å². The molecular weight excluding hydrogens is 296 g/mol. The third kappa shape index (κ3) is 4.57. The highest BCUT2D eigenvalue weighted by Gasteiger charge is 2.21. The molecule has 0 amide bonds. The standard InChI is InChI=1S/C13H22N2O3S2/c1-11(9-10-19(4)16)14-12-7-5-6-8-13(12)20(17,18)15(2)3/h5-8,11,14H,9-10H2,1-4H3. The van der Waals surface area contributed by atoms with E-state index in [1.54, 1.807) is 30.5 Å². The van der Waals surface area contributed by atoms with E-state index in [1.807, 2.05) is 6.92 Å². The maximum atomic E-state index is 12.2. The lowest BCUT2D eigenvalue weighted by Crippen LogP contribution is -2.25. The third-order valence-corrected chi connectivity index (χ3v) is 5.57. The maximum absolute atomic E-state index is 12.2. The maximum Gasteiger partial charge on any atom is 0.244 e. The van der Waals surface area contributed by atoms with Gasteiger partial charge in [0.25, 0.3) is 0 Å². The van der Waals surface area contributed by atoms with Crippen LogP contribution in [0.15, 0.2) is 29.2 Å². The van der Waals surface area contributed by atoms with Gasteiger partial charge in [0, 0.05) is 42.9 Å². The summed E-state index contributed by atoms with van der Waals surface area (Å²) in [6.07, 6.45) is 2.39. The van der Waals surface area contributed by atoms with Crippen molar-refractivity contribution >= 4 is 26.5 Å². The predicted octanol–water partition coefficient (Wildman–Crippen LogP) is 1.51. The number of sulfonamides is 1. The van der Waals surface area contributed by atoms with Gasteiger partial charge in [0.15, 0.2) is 0 Å². The molecule has 1 aromatic carbocycles. The van der Waals surface area contributed by atoms with Crippen molar-refractivity contribution in [1.82, 2.24) is 4.31 Å². The Labute approximate surface area is 123 Å². The largest absolute Gasteiger partial charge is 0.381 e. The number of nitrogens with zero attached hydrogens (tertiary/aromatic N) is 1. The third-order valence-electron chi connectivity index (χ3n) is 2.89. The van der Waals surface area contributed by atoms with Crippen molar-refractivity contribution in [3.63, 3.8) is 0 Å². The predicted molar refractivity (Wildman–Crippen MR) is 83.9 cm³/mol. The fraction of sp³-hybridized carbons (Fsp3) is 0.538. The van der Waals surface area contributed by atoms with E-state index in [4.69, 9.17) is 0 Å². The lowest BCUT2D eigenvalue weighted by molar-refractivity contribution is 0.521. The van der Waals surface area contributed by atoms with E-state index in [-0.39, 0.29) is 10.9 Å². The summed E-state index contributed by atoms with van der Waals surface area (Å²) in [5.41, 5.74) is 0.579. The van der Waals surface area contributed by atoms with Crippen LogP contribution in [0.25, 0.3) is 0 Å². The van der Waals surface area contributed by atoms with Gasteiger partial charge in [-0.2, -0.15) is 0 Å². The highest BCUT2D eigenvalue weighted by Crippen LogP contribution is 2.24. The van der Waals surface area contributed by atoms with Crippen LogP contribution < -0.4 is 5.32 Å². The summed E-state index contributed by atoms with van der Waals surface area (Å²) in [5, 5.41) is 3.19. The molecule has 5 nitrogen and oxygen atoms in total. The molecule has 7 heteroatoms. The molecule has 2 atom stereocenters. The van der Waals surface area contributed by atoms with Crippen LogP contribution in [-0.4, -0.2) is 49.1 Å². The molecule has 0 fully saturated rings. The minimum absolute atomic E-state index is 0.0532. The molecule has 0 bridgehead atoms. The number of nitrogens with one attached hydrogen (secondary N) is 1. The average molecular weight is 318 g/mol. The van der Waals surface area contributed by atoms with Gasteiger partial charge in [0.1, 0.15) is 4.90 Å². The van der Waals surface area contributed by atoms with Crippen molar-refractivity contribution < 1.29 is 12.6 Å². The van der Waals surface area contributed by atoms with Gasteiger partial charge in [-0.25, -0.2) is 12.7 Å². The number of rotatable bonds is 7. The zero-order chi connectivity index (χ0) is 15.3. The molecule has 0 aliphatic rings. The van der Waals surface area contributed by atoms with Crippen LogP contribution in [0.4, 0.5) is 5.69 Å². The van der Waals surface area contributed by atoms with Crippen molar-refractivity contribution in [2.45, 2.75) is 24.3 Å². The topological polar surface area (TPSA) is 66.5 Å². The second-order valence-electron chi connectivity index (χ2n) is 4.89. The van der Waals surface area contributed by atoms with Crippen molar-refractivity contribution in [3.05, 3.63) is 24.3 Å². The van der Waals surface area contributed by atoms with Crippen LogP contribution in [-0.2, 0) is 20.8 Å². The summed E-state index contributed by atoms with van der Waals surface area (Å²) < 4.78 is 36.8. The van der Waals surface area contributed by atoms with E-state index < -0.39 is 20.8 Å². The summed E-state index contributed by atoms with van der Waals surface area (Å²) >= 11 is 0. The summed E-state index contributed by atoms with van der Waals surface area (Å²) in [7, 11) is -1.29. The van der Waals surface area contributed by atoms with Crippen molar-refractivity contribution in [3.8, 4) is 0 Å². The lowest BCUT2D eigenvalue weighted by atomic mass is 10.2. The fourth-order valence-corrected chi connectivity index (χ4v) is 3.42. The number of benzene rings is 1. The van der Waals surface area contributed by atoms with Crippen LogP contribution >= 0.6 is 0 Å². The van der Waals surface area contributed by atoms with Gasteiger partial charge in [-0.05, 0) is 25.5 Å². The monoisotopic (exact) mass is 318 g/mol. The molecule has 0 saturated carbocycles. The average Bonchev–Trinajstić information content (AvgIpc) is 2.36. The first kappa shape index (κ1) is 17.1. The number of hydrogen-bond acceptors (Lipinski definition) is 4. The minimum Gasteiger partial charge on any atom is -0.381 e. The first-order valence-electron chi connectivity index (χ1n) is 6.33. The van der Waals surface area contributed by atoms with Gasteiger partial charge in [-0.3, -0.25) is 4.21 Å². The molecule has 1 rings (SSSR count). The Hall–Kier alpha value is -0.920. The molecule has 1 aromatic rings. The van der Waals surface area contributed by atoms with Crippen molar-refractivity contribution in [1.29, 1.82) is 0 Å². The molecular formula is C13H22N2O3S2. The van der Waals surface area contributed by atoms with Crippen LogP contribution in [0, 0.1) is 0 Å². The van der Waals surface area contributed by atoms with E-state index in [1.165, 1.54) is 18.4 Å². The molecule has 0 spiro atoms. The Kier molecular flexibility index (Phi) is 6.16. The molecule has 0 radical (unpaired) electrons. The quantitative estimate of drug-likeness (QED) is 0.827. The Morgan fingerprint density at radius 1 is 1.30 bits per heavy atom. The van der Waals surface area contributed by atoms with Crippen LogP contribution in [0.1, 0.15) is 13.3 Å². The zero-order valence-electron chi connectivity index (χ0n) is 12.3. The van der Waals surface area contributed by atoms with E-state index >= 15 is 0 Å². The number of hydrogen-bond donors (Lipinski definition) is 1.